The Hall–Kier alpha value is -1.63. The van der Waals surface area contributed by atoms with E-state index in [0.717, 1.165) is 56.5 Å². The number of hydrogen-bond donors (Lipinski definition) is 0. The summed E-state index contributed by atoms with van der Waals surface area (Å²) in [6.45, 7) is 7.09. The van der Waals surface area contributed by atoms with Crippen LogP contribution in [0, 0.1) is 0 Å². The van der Waals surface area contributed by atoms with Gasteiger partial charge >= 0.3 is 0 Å². The first-order chi connectivity index (χ1) is 14.6. The normalized spacial score (nSPS) is 18.6. The zero-order chi connectivity index (χ0) is 21.1. The van der Waals surface area contributed by atoms with Crippen LogP contribution in [0.2, 0.25) is 0 Å². The smallest absolute Gasteiger partial charge is 0.267 e. The third-order valence-corrected chi connectivity index (χ3v) is 8.10. The van der Waals surface area contributed by atoms with Crippen molar-refractivity contribution < 1.29 is 4.74 Å². The van der Waals surface area contributed by atoms with Crippen molar-refractivity contribution in [2.75, 3.05) is 5.75 Å². The van der Waals surface area contributed by atoms with Crippen molar-refractivity contribution in [3.63, 3.8) is 0 Å². The number of rotatable bonds is 8. The Morgan fingerprint density at radius 2 is 2.00 bits per heavy atom. The Kier molecular flexibility index (Phi) is 6.66. The maximum absolute atomic E-state index is 13.8. The fraction of sp³-hybridized carbons (Fsp3) is 0.500. The second-order valence-corrected chi connectivity index (χ2v) is 10.4. The fourth-order valence-corrected chi connectivity index (χ4v) is 6.08. The Bertz CT molecular complexity index is 1070. The van der Waals surface area contributed by atoms with Gasteiger partial charge in [-0.3, -0.25) is 9.36 Å². The topological polar surface area (TPSA) is 44.1 Å². The number of fused-ring (bicyclic) bond motifs is 3. The molecule has 160 valence electrons. The van der Waals surface area contributed by atoms with Gasteiger partial charge in [0.15, 0.2) is 5.16 Å². The molecule has 1 aromatic carbocycles. The highest BCUT2D eigenvalue weighted by molar-refractivity contribution is 7.99. The van der Waals surface area contributed by atoms with Gasteiger partial charge in [-0.15, -0.1) is 11.3 Å². The minimum atomic E-state index is -0.211. The molecular weight excluding hydrogens is 412 g/mol. The van der Waals surface area contributed by atoms with Crippen molar-refractivity contribution in [3.8, 4) is 5.69 Å². The van der Waals surface area contributed by atoms with E-state index in [0.29, 0.717) is 6.61 Å². The number of nitrogens with zero attached hydrogens (tertiary/aromatic N) is 2. The summed E-state index contributed by atoms with van der Waals surface area (Å²) in [6.07, 6.45) is 6.55. The van der Waals surface area contributed by atoms with Crippen molar-refractivity contribution >= 4 is 33.3 Å². The summed E-state index contributed by atoms with van der Waals surface area (Å²) in [7, 11) is 0. The van der Waals surface area contributed by atoms with Crippen molar-refractivity contribution in [2.45, 2.75) is 76.7 Å². The summed E-state index contributed by atoms with van der Waals surface area (Å²) in [5, 5.41) is 1.59. The average molecular weight is 443 g/mol. The van der Waals surface area contributed by atoms with Gasteiger partial charge in [0.05, 0.1) is 23.3 Å². The lowest BCUT2D eigenvalue weighted by Gasteiger charge is -2.32. The maximum atomic E-state index is 13.8. The van der Waals surface area contributed by atoms with Crippen LogP contribution in [0.4, 0.5) is 0 Å². The molecule has 6 heteroatoms. The lowest BCUT2D eigenvalue weighted by molar-refractivity contribution is -0.0543. The monoisotopic (exact) mass is 442 g/mol. The van der Waals surface area contributed by atoms with Gasteiger partial charge in [-0.2, -0.15) is 0 Å². The van der Waals surface area contributed by atoms with E-state index in [1.165, 1.54) is 19.3 Å². The average Bonchev–Trinajstić information content (AvgIpc) is 3.11. The van der Waals surface area contributed by atoms with E-state index in [-0.39, 0.29) is 11.2 Å². The maximum Gasteiger partial charge on any atom is 0.267 e. The highest BCUT2D eigenvalue weighted by atomic mass is 32.2. The number of aromatic nitrogens is 2. The molecule has 0 bridgehead atoms. The van der Waals surface area contributed by atoms with Gasteiger partial charge in [-0.1, -0.05) is 63.1 Å². The lowest BCUT2D eigenvalue weighted by atomic mass is 9.90. The number of thioether (sulfide) groups is 1. The standard InChI is InChI=1S/C24H30N2O2S2/c1-4-6-7-11-14-29-23-25-21-20(22(27)26(23)17-12-9-8-10-13-17)18-15-24(3,5-2)28-16-19(18)30-21/h8-10,12-13H,4-7,11,14-16H2,1-3H3/t24-/m1/s1. The minimum absolute atomic E-state index is 0.0557. The molecule has 0 N–H and O–H groups in total. The van der Waals surface area contributed by atoms with Gasteiger partial charge in [0.2, 0.25) is 0 Å². The molecule has 0 unspecified atom stereocenters. The zero-order valence-corrected chi connectivity index (χ0v) is 19.7. The Morgan fingerprint density at radius 3 is 2.73 bits per heavy atom. The molecule has 4 rings (SSSR count). The second kappa shape index (κ2) is 9.25. The first kappa shape index (κ1) is 21.6. The van der Waals surface area contributed by atoms with Crippen LogP contribution in [0.5, 0.6) is 0 Å². The molecule has 0 saturated heterocycles. The Labute approximate surface area is 186 Å². The van der Waals surface area contributed by atoms with Crippen LogP contribution in [-0.2, 0) is 17.8 Å². The number of para-hydroxylation sites is 1. The molecule has 4 nitrogen and oxygen atoms in total. The summed E-state index contributed by atoms with van der Waals surface area (Å²) in [6, 6.07) is 9.93. The Morgan fingerprint density at radius 1 is 1.20 bits per heavy atom. The van der Waals surface area contributed by atoms with Crippen molar-refractivity contribution in [1.82, 2.24) is 9.55 Å². The number of benzene rings is 1. The molecule has 1 atom stereocenters. The van der Waals surface area contributed by atoms with E-state index in [4.69, 9.17) is 9.72 Å². The SMILES string of the molecule is CCCCCCSc1nc2sc3c(c2c(=O)n1-c1ccccc1)C[C@@](C)(CC)OC3. The number of thiophene rings is 1. The third-order valence-electron chi connectivity index (χ3n) is 5.97. The highest BCUT2D eigenvalue weighted by Gasteiger charge is 2.33. The largest absolute Gasteiger partial charge is 0.369 e. The van der Waals surface area contributed by atoms with Crippen molar-refractivity contribution in [2.24, 2.45) is 0 Å². The zero-order valence-electron chi connectivity index (χ0n) is 18.1. The van der Waals surface area contributed by atoms with E-state index >= 15 is 0 Å². The number of unbranched alkanes of at least 4 members (excludes halogenated alkanes) is 3. The van der Waals surface area contributed by atoms with Crippen molar-refractivity contribution in [1.29, 1.82) is 0 Å². The molecule has 0 radical (unpaired) electrons. The fourth-order valence-electron chi connectivity index (χ4n) is 3.92. The molecule has 0 aliphatic carbocycles. The predicted molar refractivity (Wildman–Crippen MR) is 127 cm³/mol. The Balaban J connectivity index is 1.80. The minimum Gasteiger partial charge on any atom is -0.369 e. The lowest BCUT2D eigenvalue weighted by Crippen LogP contribution is -2.34. The highest BCUT2D eigenvalue weighted by Crippen LogP contribution is 2.39. The van der Waals surface area contributed by atoms with Gasteiger partial charge < -0.3 is 4.74 Å². The van der Waals surface area contributed by atoms with Crippen LogP contribution in [0.15, 0.2) is 40.3 Å². The molecule has 1 aliphatic heterocycles. The molecule has 0 fully saturated rings. The summed E-state index contributed by atoms with van der Waals surface area (Å²) < 4.78 is 7.94. The molecule has 30 heavy (non-hydrogen) atoms. The first-order valence-electron chi connectivity index (χ1n) is 11.0. The van der Waals surface area contributed by atoms with Crippen LogP contribution in [-0.4, -0.2) is 20.9 Å². The molecule has 3 aromatic rings. The van der Waals surface area contributed by atoms with Crippen LogP contribution < -0.4 is 5.56 Å². The van der Waals surface area contributed by atoms with Crippen LogP contribution in [0.1, 0.15) is 63.3 Å². The summed E-state index contributed by atoms with van der Waals surface area (Å²) in [5.74, 6) is 0.979. The van der Waals surface area contributed by atoms with Gasteiger partial charge in [-0.25, -0.2) is 4.98 Å². The molecule has 2 aromatic heterocycles. The van der Waals surface area contributed by atoms with Gasteiger partial charge in [-0.05, 0) is 37.5 Å². The van der Waals surface area contributed by atoms with E-state index in [1.54, 1.807) is 23.1 Å². The molecule has 0 spiro atoms. The predicted octanol–water partition coefficient (Wildman–Crippen LogP) is 6.36. The summed E-state index contributed by atoms with van der Waals surface area (Å²) in [4.78, 5) is 20.8. The quantitative estimate of drug-likeness (QED) is 0.231. The molecule has 1 aliphatic rings. The van der Waals surface area contributed by atoms with E-state index in [2.05, 4.69) is 20.8 Å². The summed E-state index contributed by atoms with van der Waals surface area (Å²) >= 11 is 3.33. The number of ether oxygens (including phenoxy) is 1. The van der Waals surface area contributed by atoms with Crippen LogP contribution >= 0.6 is 23.1 Å². The van der Waals surface area contributed by atoms with E-state index in [9.17, 15) is 4.79 Å². The molecule has 0 saturated carbocycles. The van der Waals surface area contributed by atoms with Gasteiger partial charge in [0.1, 0.15) is 4.83 Å². The van der Waals surface area contributed by atoms with E-state index < -0.39 is 0 Å². The third kappa shape index (κ3) is 4.23. The first-order valence-corrected chi connectivity index (χ1v) is 12.8. The number of hydrogen-bond acceptors (Lipinski definition) is 5. The van der Waals surface area contributed by atoms with Crippen molar-refractivity contribution in [3.05, 3.63) is 51.1 Å². The van der Waals surface area contributed by atoms with Gasteiger partial charge in [0.25, 0.3) is 5.56 Å². The second-order valence-electron chi connectivity index (χ2n) is 8.23. The van der Waals surface area contributed by atoms with Gasteiger partial charge in [0, 0.05) is 17.1 Å². The van der Waals surface area contributed by atoms with E-state index in [1.807, 2.05) is 34.9 Å². The van der Waals surface area contributed by atoms with Crippen LogP contribution in [0.25, 0.3) is 15.9 Å². The molecule has 3 heterocycles. The summed E-state index contributed by atoms with van der Waals surface area (Å²) in [5.41, 5.74) is 1.88. The van der Waals surface area contributed by atoms with Crippen LogP contribution in [0.3, 0.4) is 0 Å². The molecule has 0 amide bonds. The molecular formula is C24H30N2O2S2.